The van der Waals surface area contributed by atoms with Crippen LogP contribution in [0.1, 0.15) is 139 Å². The molecule has 0 atom stereocenters. The fourth-order valence-corrected chi connectivity index (χ4v) is 4.79. The van der Waals surface area contributed by atoms with Crippen LogP contribution in [0.4, 0.5) is 0 Å². The molecule has 0 amide bonds. The monoisotopic (exact) mass is 756 g/mol. The molecule has 0 radical (unpaired) electrons. The Bertz CT molecular complexity index is 819. The van der Waals surface area contributed by atoms with Crippen LogP contribution in [0.3, 0.4) is 0 Å². The summed E-state index contributed by atoms with van der Waals surface area (Å²) in [5.74, 6) is -5.01. The molecule has 49 heavy (non-hydrogen) atoms. The molecule has 0 saturated heterocycles. The smallest absolute Gasteiger partial charge is 0.549 e. The molecule has 0 fully saturated rings. The third kappa shape index (κ3) is 18.1. The van der Waals surface area contributed by atoms with Crippen LogP contribution < -0.4 is 15.3 Å². The number of carboxylic acid groups (broad SMARTS) is 3. The zero-order valence-corrected chi connectivity index (χ0v) is 34.1. The molecule has 0 aromatic carbocycles. The molecule has 0 saturated carbocycles. The van der Waals surface area contributed by atoms with Crippen LogP contribution in [0.2, 0.25) is 0 Å². The Morgan fingerprint density at radius 1 is 0.408 bits per heavy atom. The molecule has 0 aliphatic rings. The van der Waals surface area contributed by atoms with Gasteiger partial charge in [-0.2, -0.15) is 0 Å². The summed E-state index contributed by atoms with van der Waals surface area (Å²) in [7, 11) is 0. The third-order valence-electron chi connectivity index (χ3n) is 9.02. The van der Waals surface area contributed by atoms with Crippen molar-refractivity contribution in [1.82, 2.24) is 0 Å². The van der Waals surface area contributed by atoms with Gasteiger partial charge in [0.1, 0.15) is 19.8 Å². The van der Waals surface area contributed by atoms with Gasteiger partial charge in [0.2, 0.25) is 0 Å². The topological polar surface area (TPSA) is 199 Å². The summed E-state index contributed by atoms with van der Waals surface area (Å²) >= 11 is 0. The van der Waals surface area contributed by atoms with E-state index in [-0.39, 0.29) is 95.5 Å². The summed E-state index contributed by atoms with van der Waals surface area (Å²) in [6, 6.07) is 0. The molecular weight excluding hydrogens is 694 g/mol. The molecule has 0 bridgehead atoms. The summed E-state index contributed by atoms with van der Waals surface area (Å²) < 4.78 is 15.5. The van der Waals surface area contributed by atoms with Gasteiger partial charge in [-0.1, -0.05) is 81.6 Å². The van der Waals surface area contributed by atoms with Crippen LogP contribution in [-0.4, -0.2) is 94.7 Å². The van der Waals surface area contributed by atoms with E-state index in [1.165, 1.54) is 0 Å². The molecule has 0 aliphatic heterocycles. The molecule has 0 heterocycles. The zero-order valence-electron chi connectivity index (χ0n) is 31.7. The fraction of sp³-hybridized carbons (Fsp3) is 0.833. The Labute approximate surface area is 307 Å². The predicted molar refractivity (Wildman–Crippen MR) is 182 cm³/mol. The maximum absolute atomic E-state index is 11.8. The van der Waals surface area contributed by atoms with Crippen molar-refractivity contribution >= 4 is 55.0 Å². The van der Waals surface area contributed by atoms with Gasteiger partial charge in [0.05, 0.1) is 34.2 Å². The van der Waals surface area contributed by atoms with Crippen molar-refractivity contribution in [1.29, 1.82) is 0 Å². The van der Waals surface area contributed by atoms with Gasteiger partial charge in [-0.3, -0.25) is 14.4 Å². The van der Waals surface area contributed by atoms with Gasteiger partial charge in [0, 0.05) is 19.8 Å². The molecule has 0 aromatic heterocycles. The normalized spacial score (nSPS) is 11.2. The second-order valence-corrected chi connectivity index (χ2v) is 11.7. The summed E-state index contributed by atoms with van der Waals surface area (Å²) in [5, 5.41) is 33.1. The van der Waals surface area contributed by atoms with Crippen LogP contribution in [0.15, 0.2) is 0 Å². The molecule has 0 unspecified atom stereocenters. The van der Waals surface area contributed by atoms with Gasteiger partial charge < -0.3 is 43.9 Å². The van der Waals surface area contributed by atoms with E-state index < -0.39 is 34.2 Å². The van der Waals surface area contributed by atoms with E-state index in [2.05, 4.69) is 0 Å². The first-order valence-corrected chi connectivity index (χ1v) is 17.6. The number of ketones is 3. The minimum atomic E-state index is -1.37. The van der Waals surface area contributed by atoms with Crippen molar-refractivity contribution in [2.45, 2.75) is 139 Å². The van der Waals surface area contributed by atoms with E-state index in [4.69, 9.17) is 14.2 Å². The maximum Gasteiger partial charge on any atom is 3.00 e. The number of ether oxygens (including phenoxy) is 3. The van der Waals surface area contributed by atoms with E-state index >= 15 is 0 Å². The van der Waals surface area contributed by atoms with Crippen molar-refractivity contribution in [2.75, 3.05) is 39.6 Å². The molecule has 0 aromatic rings. The Balaban J connectivity index is -0.000000307. The molecule has 13 heteroatoms. The molecule has 0 N–H and O–H groups in total. The van der Waals surface area contributed by atoms with Gasteiger partial charge >= 0.3 is 19.8 Å². The number of hydrogen-bond acceptors (Lipinski definition) is 12. The van der Waals surface area contributed by atoms with Gasteiger partial charge in [0.15, 0.2) is 17.3 Å². The van der Waals surface area contributed by atoms with E-state index in [1.54, 1.807) is 41.5 Å². The van der Waals surface area contributed by atoms with E-state index in [0.29, 0.717) is 19.8 Å². The third-order valence-corrected chi connectivity index (χ3v) is 9.02. The van der Waals surface area contributed by atoms with Crippen molar-refractivity contribution in [3.63, 3.8) is 0 Å². The summed E-state index contributed by atoms with van der Waals surface area (Å²) in [4.78, 5) is 68.4. The number of carbonyl (C=O) groups excluding carboxylic acids is 6. The average molecular weight is 758 g/mol. The standard InChI is InChI=1S/3C12H22O4.Ga/c3*1-4-7-8-16-9-10(13)12(5-2,6-3)11(14)15;/h3*4-9H2,1-3H3,(H,14,15);/q;;;+3/p-3. The van der Waals surface area contributed by atoms with Gasteiger partial charge in [0.25, 0.3) is 0 Å². The number of Topliss-reactive ketones (excluding diaryl/α,β-unsaturated/α-hetero) is 3. The first-order chi connectivity index (χ1) is 22.6. The SMILES string of the molecule is CCCCOCC(=O)C(CC)(CC)C(=O)[O-].CCCCOCC(=O)C(CC)(CC)C(=O)[O-].CCCCOCC(=O)C(CC)(CC)C(=O)[O-].[Ga+3]. The van der Waals surface area contributed by atoms with Gasteiger partial charge in [-0.15, -0.1) is 0 Å². The van der Waals surface area contributed by atoms with Crippen LogP contribution in [0, 0.1) is 16.2 Å². The Kier molecular flexibility index (Phi) is 33.7. The second-order valence-electron chi connectivity index (χ2n) is 11.7. The van der Waals surface area contributed by atoms with Crippen LogP contribution in [0.25, 0.3) is 0 Å². The summed E-state index contributed by atoms with van der Waals surface area (Å²) in [6.45, 7) is 17.3. The van der Waals surface area contributed by atoms with Gasteiger partial charge in [-0.25, -0.2) is 0 Å². The fourth-order valence-electron chi connectivity index (χ4n) is 4.79. The van der Waals surface area contributed by atoms with E-state index in [9.17, 15) is 44.1 Å². The van der Waals surface area contributed by atoms with Crippen molar-refractivity contribution in [2.24, 2.45) is 16.2 Å². The molecule has 0 aliphatic carbocycles. The minimum absolute atomic E-state index is 0. The van der Waals surface area contributed by atoms with Crippen molar-refractivity contribution in [3.05, 3.63) is 0 Å². The Morgan fingerprint density at radius 2 is 0.592 bits per heavy atom. The van der Waals surface area contributed by atoms with Crippen LogP contribution in [0.5, 0.6) is 0 Å². The molecule has 0 rings (SSSR count). The number of unbranched alkanes of at least 4 members (excludes halogenated alkanes) is 3. The average Bonchev–Trinajstić information content (AvgIpc) is 3.06. The molecule has 0 spiro atoms. The summed E-state index contributed by atoms with van der Waals surface area (Å²) in [6.07, 6.45) is 7.11. The first kappa shape index (κ1) is 53.7. The first-order valence-electron chi connectivity index (χ1n) is 17.6. The number of aliphatic carboxylic acids is 3. The molecule has 282 valence electrons. The summed E-state index contributed by atoms with van der Waals surface area (Å²) in [5.41, 5.74) is -4.11. The molecular formula is C36H63GaO12. The van der Waals surface area contributed by atoms with Crippen molar-refractivity contribution < 1.29 is 58.3 Å². The zero-order chi connectivity index (χ0) is 37.8. The largest absolute Gasteiger partial charge is 3.00 e. The quantitative estimate of drug-likeness (QED) is 0.0675. The maximum atomic E-state index is 11.8. The minimum Gasteiger partial charge on any atom is -0.549 e. The number of rotatable bonds is 27. The van der Waals surface area contributed by atoms with E-state index in [1.807, 2.05) is 20.8 Å². The number of carboxylic acids is 3. The van der Waals surface area contributed by atoms with Gasteiger partial charge in [-0.05, 0) is 57.8 Å². The van der Waals surface area contributed by atoms with Crippen LogP contribution >= 0.6 is 0 Å². The predicted octanol–water partition coefficient (Wildman–Crippen LogP) is 2.40. The Morgan fingerprint density at radius 3 is 0.714 bits per heavy atom. The van der Waals surface area contributed by atoms with Crippen LogP contribution in [-0.2, 0) is 43.0 Å². The van der Waals surface area contributed by atoms with Crippen molar-refractivity contribution in [3.8, 4) is 0 Å². The number of carbonyl (C=O) groups is 6. The second kappa shape index (κ2) is 30.7. The number of hydrogen-bond donors (Lipinski definition) is 0. The Hall–Kier alpha value is -2.06. The molecule has 12 nitrogen and oxygen atoms in total. The van der Waals surface area contributed by atoms with E-state index in [0.717, 1.165) is 38.5 Å².